The Bertz CT molecular complexity index is 718. The van der Waals surface area contributed by atoms with Gasteiger partial charge in [-0.15, -0.1) is 5.10 Å². The van der Waals surface area contributed by atoms with E-state index in [4.69, 9.17) is 0 Å². The Balaban J connectivity index is 1.81. The minimum absolute atomic E-state index is 0.0596. The molecule has 1 saturated heterocycles. The SMILES string of the molecule is O=S(=O)(c1ccccc1)N1CCCC(O)(Cn2ccnn2)C1. The number of piperidine rings is 1. The Morgan fingerprint density at radius 1 is 1.27 bits per heavy atom. The smallest absolute Gasteiger partial charge is 0.243 e. The number of sulfonamides is 1. The molecule has 8 heteroatoms. The van der Waals surface area contributed by atoms with Crippen molar-refractivity contribution in [3.05, 3.63) is 42.7 Å². The Labute approximate surface area is 129 Å². The molecule has 22 heavy (non-hydrogen) atoms. The van der Waals surface area contributed by atoms with Crippen LogP contribution in [0.3, 0.4) is 0 Å². The molecule has 1 aromatic heterocycles. The monoisotopic (exact) mass is 322 g/mol. The fourth-order valence-corrected chi connectivity index (χ4v) is 4.34. The average Bonchev–Trinajstić information content (AvgIpc) is 3.00. The molecule has 3 rings (SSSR count). The van der Waals surface area contributed by atoms with Crippen LogP contribution in [0.2, 0.25) is 0 Å². The molecule has 2 heterocycles. The maximum atomic E-state index is 12.7. The van der Waals surface area contributed by atoms with E-state index in [0.29, 0.717) is 19.4 Å². The molecule has 0 aliphatic carbocycles. The largest absolute Gasteiger partial charge is 0.387 e. The summed E-state index contributed by atoms with van der Waals surface area (Å²) in [6.45, 7) is 0.703. The second-order valence-electron chi connectivity index (χ2n) is 5.58. The summed E-state index contributed by atoms with van der Waals surface area (Å²) in [4.78, 5) is 0.250. The first kappa shape index (κ1) is 15.1. The summed E-state index contributed by atoms with van der Waals surface area (Å²) in [6.07, 6.45) is 4.33. The molecular formula is C14H18N4O3S. The van der Waals surface area contributed by atoms with Gasteiger partial charge in [-0.3, -0.25) is 0 Å². The van der Waals surface area contributed by atoms with Crippen molar-refractivity contribution in [2.75, 3.05) is 13.1 Å². The zero-order valence-electron chi connectivity index (χ0n) is 12.0. The highest BCUT2D eigenvalue weighted by atomic mass is 32.2. The topological polar surface area (TPSA) is 88.3 Å². The first-order chi connectivity index (χ1) is 10.5. The van der Waals surface area contributed by atoms with E-state index in [1.165, 1.54) is 15.2 Å². The molecule has 1 aliphatic heterocycles. The quantitative estimate of drug-likeness (QED) is 0.885. The molecule has 118 valence electrons. The van der Waals surface area contributed by atoms with Crippen LogP contribution in [0.5, 0.6) is 0 Å². The van der Waals surface area contributed by atoms with E-state index in [9.17, 15) is 13.5 Å². The van der Waals surface area contributed by atoms with E-state index >= 15 is 0 Å². The van der Waals surface area contributed by atoms with Crippen LogP contribution in [0.25, 0.3) is 0 Å². The molecule has 1 unspecified atom stereocenters. The number of hydrogen-bond acceptors (Lipinski definition) is 5. The lowest BCUT2D eigenvalue weighted by Gasteiger charge is -2.38. The molecule has 7 nitrogen and oxygen atoms in total. The molecule has 1 aliphatic rings. The second-order valence-corrected chi connectivity index (χ2v) is 7.52. The number of nitrogens with zero attached hydrogens (tertiary/aromatic N) is 4. The van der Waals surface area contributed by atoms with E-state index in [1.54, 1.807) is 36.5 Å². The van der Waals surface area contributed by atoms with Crippen molar-refractivity contribution in [1.82, 2.24) is 19.3 Å². The molecule has 0 spiro atoms. The molecule has 0 amide bonds. The maximum Gasteiger partial charge on any atom is 0.243 e. The fraction of sp³-hybridized carbons (Fsp3) is 0.429. The summed E-state index contributed by atoms with van der Waals surface area (Å²) in [5.74, 6) is 0. The van der Waals surface area contributed by atoms with Crippen LogP contribution in [0.4, 0.5) is 0 Å². The first-order valence-electron chi connectivity index (χ1n) is 7.11. The van der Waals surface area contributed by atoms with Crippen LogP contribution in [0.1, 0.15) is 12.8 Å². The number of β-amino-alcohol motifs (C(OH)–C–C–N with tert-alkyl or cyclic N) is 1. The zero-order valence-corrected chi connectivity index (χ0v) is 12.9. The van der Waals surface area contributed by atoms with Gasteiger partial charge in [-0.05, 0) is 25.0 Å². The Morgan fingerprint density at radius 3 is 2.73 bits per heavy atom. The number of aliphatic hydroxyl groups is 1. The first-order valence-corrected chi connectivity index (χ1v) is 8.55. The summed E-state index contributed by atoms with van der Waals surface area (Å²) in [6, 6.07) is 8.30. The highest BCUT2D eigenvalue weighted by Crippen LogP contribution is 2.27. The summed E-state index contributed by atoms with van der Waals surface area (Å²) >= 11 is 0. The zero-order chi connectivity index (χ0) is 15.6. The molecule has 1 fully saturated rings. The van der Waals surface area contributed by atoms with Crippen LogP contribution in [0, 0.1) is 0 Å². The third-order valence-electron chi connectivity index (χ3n) is 3.83. The van der Waals surface area contributed by atoms with Crippen molar-refractivity contribution in [2.45, 2.75) is 29.9 Å². The minimum Gasteiger partial charge on any atom is -0.387 e. The van der Waals surface area contributed by atoms with Crippen LogP contribution >= 0.6 is 0 Å². The maximum absolute atomic E-state index is 12.7. The third kappa shape index (κ3) is 3.03. The van der Waals surface area contributed by atoms with Gasteiger partial charge in [0.1, 0.15) is 0 Å². The Hall–Kier alpha value is -1.77. The van der Waals surface area contributed by atoms with Crippen molar-refractivity contribution in [2.24, 2.45) is 0 Å². The Kier molecular flexibility index (Phi) is 3.98. The van der Waals surface area contributed by atoms with Crippen molar-refractivity contribution >= 4 is 10.0 Å². The molecule has 1 atom stereocenters. The van der Waals surface area contributed by atoms with Gasteiger partial charge in [-0.2, -0.15) is 4.31 Å². The lowest BCUT2D eigenvalue weighted by atomic mass is 9.94. The van der Waals surface area contributed by atoms with Crippen molar-refractivity contribution in [3.8, 4) is 0 Å². The third-order valence-corrected chi connectivity index (χ3v) is 5.69. The highest BCUT2D eigenvalue weighted by Gasteiger charge is 2.39. The van der Waals surface area contributed by atoms with Crippen LogP contribution < -0.4 is 0 Å². The van der Waals surface area contributed by atoms with Crippen molar-refractivity contribution in [3.63, 3.8) is 0 Å². The van der Waals surface area contributed by atoms with Gasteiger partial charge in [0.05, 0.1) is 23.2 Å². The number of aromatic nitrogens is 3. The number of hydrogen-bond donors (Lipinski definition) is 1. The molecule has 2 aromatic rings. The van der Waals surface area contributed by atoms with Crippen molar-refractivity contribution < 1.29 is 13.5 Å². The average molecular weight is 322 g/mol. The van der Waals surface area contributed by atoms with Gasteiger partial charge in [-0.1, -0.05) is 23.4 Å². The molecule has 0 radical (unpaired) electrons. The lowest BCUT2D eigenvalue weighted by Crippen LogP contribution is -2.52. The Morgan fingerprint density at radius 2 is 2.05 bits per heavy atom. The second kappa shape index (κ2) is 5.79. The van der Waals surface area contributed by atoms with E-state index in [0.717, 1.165) is 0 Å². The number of benzene rings is 1. The minimum atomic E-state index is -3.58. The highest BCUT2D eigenvalue weighted by molar-refractivity contribution is 7.89. The predicted octanol–water partition coefficient (Wildman–Crippen LogP) is 0.494. The number of rotatable bonds is 4. The van der Waals surface area contributed by atoms with Crippen LogP contribution in [0.15, 0.2) is 47.6 Å². The van der Waals surface area contributed by atoms with Gasteiger partial charge in [0.25, 0.3) is 0 Å². The van der Waals surface area contributed by atoms with Gasteiger partial charge < -0.3 is 5.11 Å². The fourth-order valence-electron chi connectivity index (χ4n) is 2.77. The van der Waals surface area contributed by atoms with E-state index in [2.05, 4.69) is 10.3 Å². The van der Waals surface area contributed by atoms with Gasteiger partial charge in [-0.25, -0.2) is 13.1 Å². The van der Waals surface area contributed by atoms with E-state index in [1.807, 2.05) is 0 Å². The normalized spacial score (nSPS) is 23.5. The summed E-state index contributed by atoms with van der Waals surface area (Å²) in [7, 11) is -3.58. The van der Waals surface area contributed by atoms with Gasteiger partial charge in [0.15, 0.2) is 0 Å². The van der Waals surface area contributed by atoms with E-state index < -0.39 is 15.6 Å². The molecule has 1 aromatic carbocycles. The molecular weight excluding hydrogens is 304 g/mol. The molecule has 0 bridgehead atoms. The van der Waals surface area contributed by atoms with Gasteiger partial charge in [0, 0.05) is 19.3 Å². The molecule has 1 N–H and O–H groups in total. The van der Waals surface area contributed by atoms with Crippen LogP contribution in [-0.4, -0.2) is 51.5 Å². The predicted molar refractivity (Wildman–Crippen MR) is 79.4 cm³/mol. The van der Waals surface area contributed by atoms with Crippen molar-refractivity contribution in [1.29, 1.82) is 0 Å². The summed E-state index contributed by atoms with van der Waals surface area (Å²) in [5.41, 5.74) is -1.13. The summed E-state index contributed by atoms with van der Waals surface area (Å²) in [5, 5.41) is 18.3. The molecule has 0 saturated carbocycles. The standard InChI is InChI=1S/C14H18N4O3S/c19-14(11-17-10-8-15-16-17)7-4-9-18(12-14)22(20,21)13-5-2-1-3-6-13/h1-3,5-6,8,10,19H,4,7,9,11-12H2. The van der Waals surface area contributed by atoms with E-state index in [-0.39, 0.29) is 18.0 Å². The lowest BCUT2D eigenvalue weighted by molar-refractivity contribution is -0.0247. The van der Waals surface area contributed by atoms with Gasteiger partial charge in [0.2, 0.25) is 10.0 Å². The van der Waals surface area contributed by atoms with Crippen LogP contribution in [-0.2, 0) is 16.6 Å². The van der Waals surface area contributed by atoms with Gasteiger partial charge >= 0.3 is 0 Å². The summed E-state index contributed by atoms with van der Waals surface area (Å²) < 4.78 is 28.2.